The van der Waals surface area contributed by atoms with Crippen molar-refractivity contribution in [1.82, 2.24) is 10.2 Å². The molecular formula is C22H24ClN3O4. The second kappa shape index (κ2) is 10.0. The van der Waals surface area contributed by atoms with Gasteiger partial charge >= 0.3 is 6.03 Å². The predicted molar refractivity (Wildman–Crippen MR) is 116 cm³/mol. The minimum Gasteiger partial charge on any atom is -0.497 e. The Morgan fingerprint density at radius 2 is 1.77 bits per heavy atom. The number of halogens is 1. The van der Waals surface area contributed by atoms with Gasteiger partial charge in [-0.3, -0.25) is 9.69 Å². The first-order valence-electron chi connectivity index (χ1n) is 9.53. The summed E-state index contributed by atoms with van der Waals surface area (Å²) in [6.45, 7) is 5.44. The number of carbonyl (C=O) groups is 2. The zero-order valence-corrected chi connectivity index (χ0v) is 17.5. The predicted octanol–water partition coefficient (Wildman–Crippen LogP) is 3.69. The van der Waals surface area contributed by atoms with Gasteiger partial charge in [-0.1, -0.05) is 18.2 Å². The molecule has 0 saturated carbocycles. The molecule has 0 atom stereocenters. The van der Waals surface area contributed by atoms with Crippen LogP contribution < -0.4 is 19.7 Å². The Hall–Kier alpha value is -3.19. The molecule has 1 aliphatic rings. The maximum absolute atomic E-state index is 12.7. The van der Waals surface area contributed by atoms with Crippen LogP contribution in [0.25, 0.3) is 0 Å². The Bertz CT molecular complexity index is 900. The van der Waals surface area contributed by atoms with Gasteiger partial charge in [0.2, 0.25) is 0 Å². The summed E-state index contributed by atoms with van der Waals surface area (Å²) in [5.41, 5.74) is 1.37. The molecule has 0 bridgehead atoms. The highest BCUT2D eigenvalue weighted by Gasteiger charge is 2.29. The van der Waals surface area contributed by atoms with Gasteiger partial charge in [-0.25, -0.2) is 4.79 Å². The number of ether oxygens (including phenoxy) is 2. The molecule has 1 saturated heterocycles. The smallest absolute Gasteiger partial charge is 0.324 e. The number of rotatable bonds is 9. The molecule has 0 aromatic heterocycles. The fourth-order valence-electron chi connectivity index (χ4n) is 3.04. The third kappa shape index (κ3) is 5.67. The molecule has 1 fully saturated rings. The lowest BCUT2D eigenvalue weighted by molar-refractivity contribution is -0.122. The minimum absolute atomic E-state index is 0.0645. The normalized spacial score (nSPS) is 13.3. The van der Waals surface area contributed by atoms with Gasteiger partial charge < -0.3 is 19.7 Å². The second-order valence-corrected chi connectivity index (χ2v) is 7.20. The summed E-state index contributed by atoms with van der Waals surface area (Å²) < 4.78 is 10.6. The first-order valence-corrected chi connectivity index (χ1v) is 9.90. The summed E-state index contributed by atoms with van der Waals surface area (Å²) in [6, 6.07) is 14.1. The molecule has 0 aliphatic carbocycles. The van der Waals surface area contributed by atoms with Crippen molar-refractivity contribution < 1.29 is 19.1 Å². The Balaban J connectivity index is 1.41. The Kier molecular flexibility index (Phi) is 7.19. The summed E-state index contributed by atoms with van der Waals surface area (Å²) >= 11 is 5.82. The molecule has 0 radical (unpaired) electrons. The number of urea groups is 1. The van der Waals surface area contributed by atoms with Crippen molar-refractivity contribution >= 4 is 29.2 Å². The molecule has 1 heterocycles. The molecular weight excluding hydrogens is 406 g/mol. The Labute approximate surface area is 180 Å². The molecule has 3 rings (SSSR count). The van der Waals surface area contributed by atoms with Crippen LogP contribution in [0.15, 0.2) is 60.8 Å². The van der Waals surface area contributed by atoms with Crippen LogP contribution in [0.5, 0.6) is 11.5 Å². The Morgan fingerprint density at radius 3 is 2.43 bits per heavy atom. The van der Waals surface area contributed by atoms with E-state index in [1.807, 2.05) is 24.3 Å². The molecule has 1 aliphatic heterocycles. The largest absolute Gasteiger partial charge is 0.497 e. The van der Waals surface area contributed by atoms with Crippen molar-refractivity contribution in [2.24, 2.45) is 0 Å². The van der Waals surface area contributed by atoms with Crippen molar-refractivity contribution in [3.63, 3.8) is 0 Å². The molecule has 1 N–H and O–H groups in total. The summed E-state index contributed by atoms with van der Waals surface area (Å²) in [5.74, 6) is 0.998. The van der Waals surface area contributed by atoms with E-state index in [2.05, 4.69) is 11.9 Å². The van der Waals surface area contributed by atoms with Crippen LogP contribution in [0.1, 0.15) is 6.42 Å². The lowest BCUT2D eigenvalue weighted by atomic mass is 10.3. The van der Waals surface area contributed by atoms with Crippen molar-refractivity contribution in [3.05, 3.63) is 65.8 Å². The molecule has 0 spiro atoms. The van der Waals surface area contributed by atoms with Gasteiger partial charge in [-0.05, 0) is 48.5 Å². The number of hydrogen-bond acceptors (Lipinski definition) is 4. The van der Waals surface area contributed by atoms with Crippen molar-refractivity contribution in [3.8, 4) is 11.5 Å². The highest BCUT2D eigenvalue weighted by molar-refractivity contribution is 6.30. The van der Waals surface area contributed by atoms with Gasteiger partial charge in [0, 0.05) is 42.5 Å². The number of amides is 3. The minimum atomic E-state index is -0.303. The summed E-state index contributed by atoms with van der Waals surface area (Å²) in [7, 11) is 1.60. The van der Waals surface area contributed by atoms with E-state index in [0.29, 0.717) is 42.5 Å². The standard InChI is InChI=1S/C22H24ClN3O4/c1-16(24-21(27)15-30-20-7-3-17(23)4-8-20)11-12-25-13-14-26(22(25)28)18-5-9-19(29-2)10-6-18/h3-10H,1,11-15H2,2H3,(H,24,27). The molecule has 2 aromatic rings. The summed E-state index contributed by atoms with van der Waals surface area (Å²) in [5, 5.41) is 3.31. The summed E-state index contributed by atoms with van der Waals surface area (Å²) in [6.07, 6.45) is 0.467. The molecule has 0 unspecified atom stereocenters. The fraction of sp³-hybridized carbons (Fsp3) is 0.273. The molecule has 7 nitrogen and oxygen atoms in total. The molecule has 3 amide bonds. The van der Waals surface area contributed by atoms with Gasteiger partial charge in [-0.15, -0.1) is 0 Å². The van der Waals surface area contributed by atoms with E-state index in [1.165, 1.54) is 0 Å². The molecule has 30 heavy (non-hydrogen) atoms. The zero-order valence-electron chi connectivity index (χ0n) is 16.8. The first kappa shape index (κ1) is 21.5. The van der Waals surface area contributed by atoms with Gasteiger partial charge in [0.05, 0.1) is 7.11 Å². The van der Waals surface area contributed by atoms with E-state index in [9.17, 15) is 9.59 Å². The lowest BCUT2D eigenvalue weighted by Crippen LogP contribution is -2.34. The summed E-state index contributed by atoms with van der Waals surface area (Å²) in [4.78, 5) is 28.1. The number of methoxy groups -OCH3 is 1. The highest BCUT2D eigenvalue weighted by atomic mass is 35.5. The third-order valence-corrected chi connectivity index (χ3v) is 4.91. The van der Waals surface area contributed by atoms with E-state index in [4.69, 9.17) is 21.1 Å². The van der Waals surface area contributed by atoms with E-state index >= 15 is 0 Å². The number of anilines is 1. The second-order valence-electron chi connectivity index (χ2n) is 6.76. The number of benzene rings is 2. The number of nitrogens with zero attached hydrogens (tertiary/aromatic N) is 2. The van der Waals surface area contributed by atoms with E-state index in [-0.39, 0.29) is 18.5 Å². The quantitative estimate of drug-likeness (QED) is 0.660. The maximum atomic E-state index is 12.7. The van der Waals surface area contributed by atoms with Crippen molar-refractivity contribution in [2.45, 2.75) is 6.42 Å². The van der Waals surface area contributed by atoms with Crippen LogP contribution in [-0.2, 0) is 4.79 Å². The number of hydrogen-bond donors (Lipinski definition) is 1. The zero-order chi connectivity index (χ0) is 21.5. The SMILES string of the molecule is C=C(CCN1CCN(c2ccc(OC)cc2)C1=O)NC(=O)COc1ccc(Cl)cc1. The van der Waals surface area contributed by atoms with Gasteiger partial charge in [0.15, 0.2) is 6.61 Å². The maximum Gasteiger partial charge on any atom is 0.324 e. The Morgan fingerprint density at radius 1 is 1.10 bits per heavy atom. The monoisotopic (exact) mass is 429 g/mol. The van der Waals surface area contributed by atoms with Gasteiger partial charge in [0.25, 0.3) is 5.91 Å². The number of carbonyl (C=O) groups excluding carboxylic acids is 2. The number of nitrogens with one attached hydrogen (secondary N) is 1. The van der Waals surface area contributed by atoms with Crippen LogP contribution >= 0.6 is 11.6 Å². The van der Waals surface area contributed by atoms with Crippen molar-refractivity contribution in [2.75, 3.05) is 38.3 Å². The topological polar surface area (TPSA) is 71.1 Å². The van der Waals surface area contributed by atoms with Crippen LogP contribution in [0.4, 0.5) is 10.5 Å². The van der Waals surface area contributed by atoms with Gasteiger partial charge in [-0.2, -0.15) is 0 Å². The first-order chi connectivity index (χ1) is 14.5. The lowest BCUT2D eigenvalue weighted by Gasteiger charge is -2.19. The van der Waals surface area contributed by atoms with Crippen LogP contribution in [0.2, 0.25) is 5.02 Å². The molecule has 8 heteroatoms. The van der Waals surface area contributed by atoms with E-state index in [1.54, 1.807) is 41.2 Å². The van der Waals surface area contributed by atoms with E-state index in [0.717, 1.165) is 11.4 Å². The highest BCUT2D eigenvalue weighted by Crippen LogP contribution is 2.23. The van der Waals surface area contributed by atoms with Crippen LogP contribution in [0, 0.1) is 0 Å². The average Bonchev–Trinajstić information content (AvgIpc) is 3.12. The third-order valence-electron chi connectivity index (χ3n) is 4.66. The molecule has 2 aromatic carbocycles. The molecule has 158 valence electrons. The fourth-order valence-corrected chi connectivity index (χ4v) is 3.16. The van der Waals surface area contributed by atoms with Crippen LogP contribution in [0.3, 0.4) is 0 Å². The van der Waals surface area contributed by atoms with Crippen LogP contribution in [-0.4, -0.2) is 50.2 Å². The average molecular weight is 430 g/mol. The van der Waals surface area contributed by atoms with Crippen molar-refractivity contribution in [1.29, 1.82) is 0 Å². The van der Waals surface area contributed by atoms with Gasteiger partial charge in [0.1, 0.15) is 11.5 Å². The van der Waals surface area contributed by atoms with E-state index < -0.39 is 0 Å².